The number of alkyl halides is 3. The van der Waals surface area contributed by atoms with Crippen LogP contribution in [0.15, 0.2) is 46.2 Å². The van der Waals surface area contributed by atoms with Crippen molar-refractivity contribution in [1.29, 1.82) is 5.26 Å². The van der Waals surface area contributed by atoms with Gasteiger partial charge >= 0.3 is 6.18 Å². The van der Waals surface area contributed by atoms with Crippen molar-refractivity contribution in [2.24, 2.45) is 0 Å². The van der Waals surface area contributed by atoms with Gasteiger partial charge in [-0.3, -0.25) is 0 Å². The Labute approximate surface area is 170 Å². The van der Waals surface area contributed by atoms with Crippen molar-refractivity contribution in [2.75, 3.05) is 5.73 Å². The SMILES string of the molecule is N#Cc1nn(-c2c(Cl)cc(C(F)(F)F)cc2Cl)c(N)c1Sc1cccc(F)c1. The van der Waals surface area contributed by atoms with Crippen LogP contribution in [0.3, 0.4) is 0 Å². The van der Waals surface area contributed by atoms with Crippen LogP contribution < -0.4 is 5.73 Å². The number of nitrogens with zero attached hydrogens (tertiary/aromatic N) is 3. The van der Waals surface area contributed by atoms with Gasteiger partial charge in [-0.15, -0.1) is 0 Å². The van der Waals surface area contributed by atoms with E-state index >= 15 is 0 Å². The van der Waals surface area contributed by atoms with Crippen molar-refractivity contribution in [3.8, 4) is 11.8 Å². The maximum absolute atomic E-state index is 13.4. The van der Waals surface area contributed by atoms with Gasteiger partial charge in [0.15, 0.2) is 5.69 Å². The minimum atomic E-state index is -4.64. The average Bonchev–Trinajstić information content (AvgIpc) is 2.90. The Morgan fingerprint density at radius 1 is 1.14 bits per heavy atom. The highest BCUT2D eigenvalue weighted by Gasteiger charge is 2.33. The average molecular weight is 447 g/mol. The van der Waals surface area contributed by atoms with Gasteiger partial charge in [-0.2, -0.15) is 23.5 Å². The van der Waals surface area contributed by atoms with Crippen molar-refractivity contribution in [2.45, 2.75) is 16.0 Å². The van der Waals surface area contributed by atoms with Crippen LogP contribution in [-0.2, 0) is 6.18 Å². The van der Waals surface area contributed by atoms with E-state index in [0.29, 0.717) is 17.0 Å². The van der Waals surface area contributed by atoms with Gasteiger partial charge in [-0.05, 0) is 30.3 Å². The highest BCUT2D eigenvalue weighted by Crippen LogP contribution is 2.41. The maximum atomic E-state index is 13.4. The number of rotatable bonds is 3. The first kappa shape index (κ1) is 20.3. The molecule has 0 bridgehead atoms. The van der Waals surface area contributed by atoms with Crippen LogP contribution in [0.5, 0.6) is 0 Å². The number of benzene rings is 2. The van der Waals surface area contributed by atoms with Gasteiger partial charge in [0.05, 0.1) is 20.5 Å². The van der Waals surface area contributed by atoms with Crippen molar-refractivity contribution in [3.05, 3.63) is 63.5 Å². The molecular weight excluding hydrogens is 439 g/mol. The molecule has 144 valence electrons. The summed E-state index contributed by atoms with van der Waals surface area (Å²) in [6, 6.07) is 8.79. The summed E-state index contributed by atoms with van der Waals surface area (Å²) in [7, 11) is 0. The van der Waals surface area contributed by atoms with Crippen LogP contribution >= 0.6 is 35.0 Å². The molecule has 0 aliphatic rings. The summed E-state index contributed by atoms with van der Waals surface area (Å²) in [6.07, 6.45) is -4.64. The van der Waals surface area contributed by atoms with Crippen LogP contribution in [0.4, 0.5) is 23.4 Å². The second-order valence-corrected chi connectivity index (χ2v) is 7.33. The molecule has 1 aromatic heterocycles. The number of halogens is 6. The van der Waals surface area contributed by atoms with Crippen LogP contribution in [0.1, 0.15) is 11.3 Å². The van der Waals surface area contributed by atoms with Crippen molar-refractivity contribution in [1.82, 2.24) is 9.78 Å². The van der Waals surface area contributed by atoms with Gasteiger partial charge < -0.3 is 5.73 Å². The molecule has 1 heterocycles. The molecule has 0 fully saturated rings. The van der Waals surface area contributed by atoms with Crippen molar-refractivity contribution >= 4 is 40.8 Å². The quantitative estimate of drug-likeness (QED) is 0.505. The molecule has 4 nitrogen and oxygen atoms in total. The van der Waals surface area contributed by atoms with Crippen molar-refractivity contribution < 1.29 is 17.6 Å². The topological polar surface area (TPSA) is 67.6 Å². The van der Waals surface area contributed by atoms with E-state index in [-0.39, 0.29) is 32.1 Å². The molecule has 0 unspecified atom stereocenters. The van der Waals surface area contributed by atoms with Gasteiger partial charge in [0.2, 0.25) is 0 Å². The Kier molecular flexibility index (Phi) is 5.48. The Balaban J connectivity index is 2.12. The number of hydrogen-bond donors (Lipinski definition) is 1. The van der Waals surface area contributed by atoms with Gasteiger partial charge in [0.1, 0.15) is 23.4 Å². The molecule has 0 aliphatic carbocycles. The maximum Gasteiger partial charge on any atom is 0.416 e. The van der Waals surface area contributed by atoms with Crippen molar-refractivity contribution in [3.63, 3.8) is 0 Å². The first-order valence-electron chi connectivity index (χ1n) is 7.40. The summed E-state index contributed by atoms with van der Waals surface area (Å²) in [5, 5.41) is 12.6. The molecule has 2 aromatic carbocycles. The van der Waals surface area contributed by atoms with Gasteiger partial charge in [0.25, 0.3) is 0 Å². The van der Waals surface area contributed by atoms with E-state index in [1.165, 1.54) is 18.2 Å². The third-order valence-corrected chi connectivity index (χ3v) is 5.23. The van der Waals surface area contributed by atoms with E-state index in [1.807, 2.05) is 6.07 Å². The summed E-state index contributed by atoms with van der Waals surface area (Å²) in [5.74, 6) is -0.558. The van der Waals surface area contributed by atoms with E-state index in [4.69, 9.17) is 28.9 Å². The predicted octanol–water partition coefficient (Wildman–Crippen LogP) is 5.94. The van der Waals surface area contributed by atoms with E-state index in [2.05, 4.69) is 5.10 Å². The van der Waals surface area contributed by atoms with Crippen LogP contribution in [0.2, 0.25) is 10.0 Å². The molecule has 0 radical (unpaired) electrons. The third kappa shape index (κ3) is 3.90. The van der Waals surface area contributed by atoms with Crippen LogP contribution in [0.25, 0.3) is 5.69 Å². The van der Waals surface area contributed by atoms with E-state index in [0.717, 1.165) is 16.4 Å². The molecule has 0 spiro atoms. The fourth-order valence-electron chi connectivity index (χ4n) is 2.34. The summed E-state index contributed by atoms with van der Waals surface area (Å²) in [4.78, 5) is 0.646. The summed E-state index contributed by atoms with van der Waals surface area (Å²) >= 11 is 13.0. The Morgan fingerprint density at radius 2 is 1.79 bits per heavy atom. The van der Waals surface area contributed by atoms with E-state index in [9.17, 15) is 22.8 Å². The zero-order valence-electron chi connectivity index (χ0n) is 13.6. The molecule has 0 atom stereocenters. The molecule has 0 amide bonds. The fraction of sp³-hybridized carbons (Fsp3) is 0.0588. The highest BCUT2D eigenvalue weighted by molar-refractivity contribution is 7.99. The van der Waals surface area contributed by atoms with Crippen LogP contribution in [-0.4, -0.2) is 9.78 Å². The number of aromatic nitrogens is 2. The molecule has 3 rings (SSSR count). The van der Waals surface area contributed by atoms with Gasteiger partial charge in [-0.25, -0.2) is 9.07 Å². The standard InChI is InChI=1S/C17H8Cl2F4N4S/c18-11-4-8(17(21,22)23)5-12(19)14(11)27-16(25)15(13(7-24)26-27)28-10-3-1-2-9(20)6-10/h1-6H,25H2. The Hall–Kier alpha value is -2.41. The summed E-state index contributed by atoms with van der Waals surface area (Å²) in [6.45, 7) is 0. The molecule has 2 N–H and O–H groups in total. The smallest absolute Gasteiger partial charge is 0.383 e. The predicted molar refractivity (Wildman–Crippen MR) is 98.2 cm³/mol. The van der Waals surface area contributed by atoms with E-state index in [1.54, 1.807) is 6.07 Å². The molecule has 28 heavy (non-hydrogen) atoms. The molecular formula is C17H8Cl2F4N4S. The zero-order chi connectivity index (χ0) is 20.6. The second kappa shape index (κ2) is 7.54. The minimum Gasteiger partial charge on any atom is -0.383 e. The monoisotopic (exact) mass is 446 g/mol. The third-order valence-electron chi connectivity index (χ3n) is 3.55. The molecule has 0 saturated heterocycles. The lowest BCUT2D eigenvalue weighted by molar-refractivity contribution is -0.137. The molecule has 3 aromatic rings. The summed E-state index contributed by atoms with van der Waals surface area (Å²) in [5.41, 5.74) is 4.81. The van der Waals surface area contributed by atoms with Gasteiger partial charge in [-0.1, -0.05) is 41.0 Å². The Bertz CT molecular complexity index is 1080. The lowest BCUT2D eigenvalue weighted by Crippen LogP contribution is -2.08. The lowest BCUT2D eigenvalue weighted by atomic mass is 10.2. The number of nitrogen functional groups attached to an aromatic ring is 1. The molecule has 0 aliphatic heterocycles. The van der Waals surface area contributed by atoms with E-state index < -0.39 is 17.6 Å². The lowest BCUT2D eigenvalue weighted by Gasteiger charge is -2.13. The molecule has 0 saturated carbocycles. The Morgan fingerprint density at radius 3 is 2.32 bits per heavy atom. The molecule has 11 heteroatoms. The number of nitriles is 1. The first-order chi connectivity index (χ1) is 13.1. The van der Waals surface area contributed by atoms with Crippen LogP contribution in [0, 0.1) is 17.1 Å². The largest absolute Gasteiger partial charge is 0.416 e. The summed E-state index contributed by atoms with van der Waals surface area (Å²) < 4.78 is 53.1. The van der Waals surface area contributed by atoms with Gasteiger partial charge in [0, 0.05) is 4.90 Å². The first-order valence-corrected chi connectivity index (χ1v) is 8.97. The second-order valence-electron chi connectivity index (χ2n) is 5.43. The zero-order valence-corrected chi connectivity index (χ0v) is 15.9. The fourth-order valence-corrected chi connectivity index (χ4v) is 3.92. The normalized spacial score (nSPS) is 11.5. The number of hydrogen-bond acceptors (Lipinski definition) is 4. The minimum absolute atomic E-state index is 0.0747. The number of nitrogens with two attached hydrogens (primary N) is 1. The highest BCUT2D eigenvalue weighted by atomic mass is 35.5. The number of anilines is 1.